The van der Waals surface area contributed by atoms with Crippen molar-refractivity contribution in [3.05, 3.63) is 17.5 Å². The highest BCUT2D eigenvalue weighted by Gasteiger charge is 2.33. The Morgan fingerprint density at radius 2 is 2.21 bits per heavy atom. The van der Waals surface area contributed by atoms with Gasteiger partial charge in [0.15, 0.2) is 0 Å². The second kappa shape index (κ2) is 6.70. The zero-order valence-electron chi connectivity index (χ0n) is 12.6. The van der Waals surface area contributed by atoms with Gasteiger partial charge >= 0.3 is 5.97 Å². The van der Waals surface area contributed by atoms with Gasteiger partial charge in [-0.2, -0.15) is 5.10 Å². The molecule has 5 nitrogen and oxygen atoms in total. The molecule has 0 spiro atoms. The third-order valence-electron chi connectivity index (χ3n) is 3.33. The van der Waals surface area contributed by atoms with Gasteiger partial charge in [-0.1, -0.05) is 6.92 Å². The van der Waals surface area contributed by atoms with Crippen molar-refractivity contribution >= 4 is 5.97 Å². The Balaban J connectivity index is 2.72. The molecule has 0 aliphatic rings. The first-order valence-corrected chi connectivity index (χ1v) is 6.77. The Morgan fingerprint density at radius 3 is 2.68 bits per heavy atom. The molecule has 5 heteroatoms. The van der Waals surface area contributed by atoms with E-state index in [1.165, 1.54) is 7.11 Å². The fraction of sp³-hybridized carbons (Fsp3) is 0.714. The van der Waals surface area contributed by atoms with Crippen LogP contribution in [0.15, 0.2) is 6.07 Å². The van der Waals surface area contributed by atoms with Gasteiger partial charge in [0.2, 0.25) is 0 Å². The lowest BCUT2D eigenvalue weighted by atomic mass is 9.97. The maximum absolute atomic E-state index is 11.9. The summed E-state index contributed by atoms with van der Waals surface area (Å²) in [5.74, 6) is -0.220. The molecule has 1 atom stereocenters. The van der Waals surface area contributed by atoms with Crippen LogP contribution in [0.4, 0.5) is 0 Å². The molecule has 1 heterocycles. The Bertz CT molecular complexity index is 428. The molecule has 0 saturated carbocycles. The standard InChI is InChI=1S/C14H25N3O2/c1-6-8-15-14(4,13(18)19-5)7-9-17-12(3)10-11(2)16-17/h10,15H,6-9H2,1-5H3. The van der Waals surface area contributed by atoms with Crippen LogP contribution in [0.3, 0.4) is 0 Å². The first-order chi connectivity index (χ1) is 8.92. The predicted molar refractivity (Wildman–Crippen MR) is 75.0 cm³/mol. The molecule has 108 valence electrons. The summed E-state index contributed by atoms with van der Waals surface area (Å²) < 4.78 is 6.84. The topological polar surface area (TPSA) is 56.2 Å². The second-order valence-corrected chi connectivity index (χ2v) is 5.15. The van der Waals surface area contributed by atoms with E-state index in [4.69, 9.17) is 4.74 Å². The van der Waals surface area contributed by atoms with E-state index in [0.29, 0.717) is 13.0 Å². The van der Waals surface area contributed by atoms with Crippen molar-refractivity contribution in [3.63, 3.8) is 0 Å². The minimum absolute atomic E-state index is 0.220. The molecule has 0 fully saturated rings. The highest BCUT2D eigenvalue weighted by Crippen LogP contribution is 2.14. The number of nitrogens with one attached hydrogen (secondary N) is 1. The molecular formula is C14H25N3O2. The van der Waals surface area contributed by atoms with E-state index in [2.05, 4.69) is 17.3 Å². The molecule has 0 aliphatic carbocycles. The molecule has 0 saturated heterocycles. The highest BCUT2D eigenvalue weighted by atomic mass is 16.5. The summed E-state index contributed by atoms with van der Waals surface area (Å²) in [7, 11) is 1.43. The van der Waals surface area contributed by atoms with Crippen LogP contribution in [0.25, 0.3) is 0 Å². The van der Waals surface area contributed by atoms with Crippen molar-refractivity contribution < 1.29 is 9.53 Å². The number of nitrogens with zero attached hydrogens (tertiary/aromatic N) is 2. The fourth-order valence-electron chi connectivity index (χ4n) is 2.12. The summed E-state index contributed by atoms with van der Waals surface area (Å²) in [6, 6.07) is 2.04. The van der Waals surface area contributed by atoms with Crippen LogP contribution in [-0.4, -0.2) is 34.9 Å². The Hall–Kier alpha value is -1.36. The van der Waals surface area contributed by atoms with Crippen LogP contribution < -0.4 is 5.32 Å². The van der Waals surface area contributed by atoms with E-state index >= 15 is 0 Å². The summed E-state index contributed by atoms with van der Waals surface area (Å²) in [6.45, 7) is 9.45. The van der Waals surface area contributed by atoms with Crippen molar-refractivity contribution in [1.82, 2.24) is 15.1 Å². The maximum Gasteiger partial charge on any atom is 0.325 e. The van der Waals surface area contributed by atoms with E-state index in [9.17, 15) is 4.79 Å². The molecule has 0 bridgehead atoms. The van der Waals surface area contributed by atoms with Crippen LogP contribution in [0, 0.1) is 13.8 Å². The average Bonchev–Trinajstić information content (AvgIpc) is 2.71. The van der Waals surface area contributed by atoms with Gasteiger partial charge in [0.25, 0.3) is 0 Å². The lowest BCUT2D eigenvalue weighted by Gasteiger charge is -2.28. The molecule has 1 unspecified atom stereocenters. The summed E-state index contributed by atoms with van der Waals surface area (Å²) in [5.41, 5.74) is 1.45. The number of aryl methyl sites for hydroxylation is 3. The SMILES string of the molecule is CCCNC(C)(CCn1nc(C)cc1C)C(=O)OC. The number of carbonyl (C=O) groups is 1. The Morgan fingerprint density at radius 1 is 1.53 bits per heavy atom. The van der Waals surface area contributed by atoms with Gasteiger partial charge in [-0.05, 0) is 46.2 Å². The van der Waals surface area contributed by atoms with E-state index in [-0.39, 0.29) is 5.97 Å². The molecule has 0 aromatic carbocycles. The van der Waals surface area contributed by atoms with E-state index in [0.717, 1.165) is 24.4 Å². The van der Waals surface area contributed by atoms with Gasteiger partial charge in [0.1, 0.15) is 5.54 Å². The predicted octanol–water partition coefficient (Wildman–Crippen LogP) is 1.82. The molecule has 0 amide bonds. The average molecular weight is 267 g/mol. The highest BCUT2D eigenvalue weighted by molar-refractivity contribution is 5.80. The van der Waals surface area contributed by atoms with Gasteiger partial charge in [0.05, 0.1) is 12.8 Å². The van der Waals surface area contributed by atoms with E-state index in [1.54, 1.807) is 0 Å². The van der Waals surface area contributed by atoms with Crippen molar-refractivity contribution in [2.24, 2.45) is 0 Å². The van der Waals surface area contributed by atoms with Gasteiger partial charge < -0.3 is 10.1 Å². The quantitative estimate of drug-likeness (QED) is 0.766. The third-order valence-corrected chi connectivity index (χ3v) is 3.33. The second-order valence-electron chi connectivity index (χ2n) is 5.15. The fourth-order valence-corrected chi connectivity index (χ4v) is 2.12. The number of hydrogen-bond acceptors (Lipinski definition) is 4. The van der Waals surface area contributed by atoms with Gasteiger partial charge in [-0.15, -0.1) is 0 Å². The molecule has 1 aromatic rings. The molecule has 19 heavy (non-hydrogen) atoms. The lowest BCUT2D eigenvalue weighted by Crippen LogP contribution is -2.51. The molecule has 0 aliphatic heterocycles. The Labute approximate surface area is 115 Å². The number of rotatable bonds is 7. The number of hydrogen-bond donors (Lipinski definition) is 1. The van der Waals surface area contributed by atoms with Crippen LogP contribution in [0.5, 0.6) is 0 Å². The number of aromatic nitrogens is 2. The molecule has 1 rings (SSSR count). The summed E-state index contributed by atoms with van der Waals surface area (Å²) >= 11 is 0. The normalized spacial score (nSPS) is 14.2. The first-order valence-electron chi connectivity index (χ1n) is 6.77. The zero-order chi connectivity index (χ0) is 14.5. The van der Waals surface area contributed by atoms with Crippen molar-refractivity contribution in [2.75, 3.05) is 13.7 Å². The number of ether oxygens (including phenoxy) is 1. The third kappa shape index (κ3) is 4.06. The van der Waals surface area contributed by atoms with Gasteiger partial charge in [0, 0.05) is 12.2 Å². The number of esters is 1. The Kier molecular flexibility index (Phi) is 5.54. The summed E-state index contributed by atoms with van der Waals surface area (Å²) in [5, 5.41) is 7.69. The van der Waals surface area contributed by atoms with Gasteiger partial charge in [-0.25, -0.2) is 0 Å². The molecule has 1 aromatic heterocycles. The minimum atomic E-state index is -0.656. The van der Waals surface area contributed by atoms with E-state index < -0.39 is 5.54 Å². The number of methoxy groups -OCH3 is 1. The van der Waals surface area contributed by atoms with Crippen LogP contribution in [0.1, 0.15) is 38.1 Å². The lowest BCUT2D eigenvalue weighted by molar-refractivity contribution is -0.148. The van der Waals surface area contributed by atoms with Crippen molar-refractivity contribution in [2.45, 2.75) is 52.6 Å². The zero-order valence-corrected chi connectivity index (χ0v) is 12.6. The smallest absolute Gasteiger partial charge is 0.325 e. The first kappa shape index (κ1) is 15.7. The summed E-state index contributed by atoms with van der Waals surface area (Å²) in [4.78, 5) is 11.9. The van der Waals surface area contributed by atoms with Crippen molar-refractivity contribution in [3.8, 4) is 0 Å². The molecule has 1 N–H and O–H groups in total. The van der Waals surface area contributed by atoms with Crippen LogP contribution in [-0.2, 0) is 16.1 Å². The molecule has 0 radical (unpaired) electrons. The van der Waals surface area contributed by atoms with E-state index in [1.807, 2.05) is 31.5 Å². The summed E-state index contributed by atoms with van der Waals surface area (Å²) in [6.07, 6.45) is 1.63. The van der Waals surface area contributed by atoms with Gasteiger partial charge in [-0.3, -0.25) is 9.48 Å². The van der Waals surface area contributed by atoms with Crippen molar-refractivity contribution in [1.29, 1.82) is 0 Å². The number of carbonyl (C=O) groups excluding carboxylic acids is 1. The molecular weight excluding hydrogens is 242 g/mol. The van der Waals surface area contributed by atoms with Crippen LogP contribution in [0.2, 0.25) is 0 Å². The van der Waals surface area contributed by atoms with Crippen LogP contribution >= 0.6 is 0 Å². The maximum atomic E-state index is 11.9. The largest absolute Gasteiger partial charge is 0.468 e. The monoisotopic (exact) mass is 267 g/mol. The minimum Gasteiger partial charge on any atom is -0.468 e.